The lowest BCUT2D eigenvalue weighted by Gasteiger charge is -2.12. The zero-order valence-electron chi connectivity index (χ0n) is 14.3. The molecule has 1 fully saturated rings. The van der Waals surface area contributed by atoms with E-state index < -0.39 is 10.0 Å². The predicted octanol–water partition coefficient (Wildman–Crippen LogP) is 3.07. The molecule has 2 aliphatic rings. The fourth-order valence-corrected chi connectivity index (χ4v) is 4.41. The first-order valence-electron chi connectivity index (χ1n) is 9.02. The van der Waals surface area contributed by atoms with E-state index in [4.69, 9.17) is 0 Å². The van der Waals surface area contributed by atoms with E-state index in [1.54, 1.807) is 12.1 Å². The Labute approximate surface area is 149 Å². The summed E-state index contributed by atoms with van der Waals surface area (Å²) >= 11 is 0. The highest BCUT2D eigenvalue weighted by Gasteiger charge is 2.23. The van der Waals surface area contributed by atoms with E-state index in [0.29, 0.717) is 24.5 Å². The third-order valence-corrected chi connectivity index (χ3v) is 6.18. The summed E-state index contributed by atoms with van der Waals surface area (Å²) in [6.07, 6.45) is 7.76. The van der Waals surface area contributed by atoms with Crippen molar-refractivity contribution in [3.8, 4) is 0 Å². The lowest BCUT2D eigenvalue weighted by molar-refractivity contribution is -0.119. The van der Waals surface area contributed by atoms with Crippen molar-refractivity contribution in [1.29, 1.82) is 0 Å². The normalized spacial score (nSPS) is 19.1. The predicted molar refractivity (Wildman–Crippen MR) is 98.1 cm³/mol. The summed E-state index contributed by atoms with van der Waals surface area (Å²) in [5.74, 6) is 0.647. The Morgan fingerprint density at radius 1 is 1.00 bits per heavy atom. The minimum absolute atomic E-state index is 0.0269. The molecular formula is C18H25N3O3S. The molecule has 0 saturated heterocycles. The molecule has 1 saturated carbocycles. The largest absolute Gasteiger partial charge is 0.326 e. The van der Waals surface area contributed by atoms with Gasteiger partial charge in [-0.2, -0.15) is 0 Å². The number of rotatable bonds is 4. The molecule has 136 valence electrons. The molecule has 0 bridgehead atoms. The molecule has 0 spiro atoms. The van der Waals surface area contributed by atoms with Crippen molar-refractivity contribution in [2.45, 2.75) is 56.3 Å². The number of sulfonamides is 1. The second kappa shape index (κ2) is 7.99. The fourth-order valence-electron chi connectivity index (χ4n) is 3.32. The van der Waals surface area contributed by atoms with Gasteiger partial charge in [0.25, 0.3) is 10.0 Å². The van der Waals surface area contributed by atoms with Crippen molar-refractivity contribution in [2.24, 2.45) is 10.9 Å². The standard InChI is InChI=1S/C18H25N3O3S/c22-18(14-6-3-4-7-14)20-15-9-11-16(12-10-15)25(23,24)21-17-8-2-1-5-13-19-17/h9-12,14H,1-8,13H2,(H,19,21)(H,20,22). The van der Waals surface area contributed by atoms with Gasteiger partial charge in [-0.15, -0.1) is 0 Å². The van der Waals surface area contributed by atoms with Crippen LogP contribution in [0.5, 0.6) is 0 Å². The zero-order chi connectivity index (χ0) is 17.7. The summed E-state index contributed by atoms with van der Waals surface area (Å²) in [5, 5.41) is 2.87. The molecule has 1 aromatic rings. The van der Waals surface area contributed by atoms with Crippen LogP contribution in [0.25, 0.3) is 0 Å². The van der Waals surface area contributed by atoms with Gasteiger partial charge in [-0.1, -0.05) is 19.3 Å². The molecule has 25 heavy (non-hydrogen) atoms. The Bertz CT molecular complexity index is 735. The van der Waals surface area contributed by atoms with Gasteiger partial charge in [0.15, 0.2) is 0 Å². The Kier molecular flexibility index (Phi) is 5.73. The first kappa shape index (κ1) is 17.9. The minimum Gasteiger partial charge on any atom is -0.326 e. The smallest absolute Gasteiger partial charge is 0.262 e. The van der Waals surface area contributed by atoms with Crippen LogP contribution in [0.4, 0.5) is 5.69 Å². The van der Waals surface area contributed by atoms with Crippen LogP contribution in [0.1, 0.15) is 51.4 Å². The quantitative estimate of drug-likeness (QED) is 0.862. The number of anilines is 1. The summed E-state index contributed by atoms with van der Waals surface area (Å²) in [6.45, 7) is 0.671. The first-order valence-corrected chi connectivity index (χ1v) is 10.5. The summed E-state index contributed by atoms with van der Waals surface area (Å²) in [5.41, 5.74) is 0.627. The topological polar surface area (TPSA) is 87.6 Å². The number of amidine groups is 1. The van der Waals surface area contributed by atoms with Gasteiger partial charge >= 0.3 is 0 Å². The number of nitrogens with one attached hydrogen (secondary N) is 2. The maximum Gasteiger partial charge on any atom is 0.262 e. The zero-order valence-corrected chi connectivity index (χ0v) is 15.1. The number of nitrogens with zero attached hydrogens (tertiary/aromatic N) is 1. The lowest BCUT2D eigenvalue weighted by Crippen LogP contribution is -2.30. The number of hydrogen-bond acceptors (Lipinski definition) is 4. The number of carbonyl (C=O) groups is 1. The highest BCUT2D eigenvalue weighted by atomic mass is 32.2. The molecule has 0 radical (unpaired) electrons. The summed E-state index contributed by atoms with van der Waals surface area (Å²) in [6, 6.07) is 6.31. The van der Waals surface area contributed by atoms with Gasteiger partial charge in [-0.25, -0.2) is 8.42 Å². The molecule has 7 heteroatoms. The molecule has 1 aliphatic heterocycles. The van der Waals surface area contributed by atoms with Gasteiger partial charge in [0.2, 0.25) is 5.91 Å². The number of hydrogen-bond donors (Lipinski definition) is 2. The molecule has 2 N–H and O–H groups in total. The van der Waals surface area contributed by atoms with Crippen molar-refractivity contribution < 1.29 is 13.2 Å². The summed E-state index contributed by atoms with van der Waals surface area (Å²) in [4.78, 5) is 16.6. The second-order valence-corrected chi connectivity index (χ2v) is 8.42. The van der Waals surface area contributed by atoms with Crippen LogP contribution in [-0.4, -0.2) is 26.7 Å². The maximum atomic E-state index is 12.5. The van der Waals surface area contributed by atoms with E-state index >= 15 is 0 Å². The first-order chi connectivity index (χ1) is 12.0. The van der Waals surface area contributed by atoms with Crippen molar-refractivity contribution in [2.75, 3.05) is 11.9 Å². The maximum absolute atomic E-state index is 12.5. The highest BCUT2D eigenvalue weighted by Crippen LogP contribution is 2.26. The molecule has 1 heterocycles. The SMILES string of the molecule is O=C(Nc1ccc(S(=O)(=O)NC2=NCCCCC2)cc1)C1CCCC1. The fraction of sp³-hybridized carbons (Fsp3) is 0.556. The van der Waals surface area contributed by atoms with Gasteiger partial charge < -0.3 is 5.32 Å². The third-order valence-electron chi connectivity index (χ3n) is 4.78. The molecular weight excluding hydrogens is 338 g/mol. The van der Waals surface area contributed by atoms with Crippen LogP contribution in [0, 0.1) is 5.92 Å². The number of amides is 1. The monoisotopic (exact) mass is 363 g/mol. The van der Waals surface area contributed by atoms with Crippen LogP contribution >= 0.6 is 0 Å². The van der Waals surface area contributed by atoms with Crippen LogP contribution in [0.15, 0.2) is 34.2 Å². The van der Waals surface area contributed by atoms with E-state index in [9.17, 15) is 13.2 Å². The van der Waals surface area contributed by atoms with Gasteiger partial charge in [-0.05, 0) is 49.9 Å². The number of aliphatic imine (C=N–C) groups is 1. The molecule has 0 aromatic heterocycles. The van der Waals surface area contributed by atoms with Gasteiger partial charge in [-0.3, -0.25) is 14.5 Å². The minimum atomic E-state index is -3.63. The Morgan fingerprint density at radius 2 is 1.72 bits per heavy atom. The average Bonchev–Trinajstić information content (AvgIpc) is 3.02. The molecule has 1 amide bonds. The van der Waals surface area contributed by atoms with Crippen LogP contribution < -0.4 is 10.0 Å². The van der Waals surface area contributed by atoms with Crippen molar-refractivity contribution in [3.63, 3.8) is 0 Å². The third kappa shape index (κ3) is 4.81. The van der Waals surface area contributed by atoms with E-state index in [0.717, 1.165) is 44.9 Å². The molecule has 0 unspecified atom stereocenters. The average molecular weight is 363 g/mol. The van der Waals surface area contributed by atoms with Crippen LogP contribution in [0.2, 0.25) is 0 Å². The number of carbonyl (C=O) groups excluding carboxylic acids is 1. The van der Waals surface area contributed by atoms with Crippen LogP contribution in [-0.2, 0) is 14.8 Å². The summed E-state index contributed by atoms with van der Waals surface area (Å²) < 4.78 is 27.5. The van der Waals surface area contributed by atoms with E-state index in [1.807, 2.05) is 0 Å². The second-order valence-electron chi connectivity index (χ2n) is 6.74. The molecule has 0 atom stereocenters. The number of benzene rings is 1. The highest BCUT2D eigenvalue weighted by molar-refractivity contribution is 7.90. The van der Waals surface area contributed by atoms with Crippen molar-refractivity contribution >= 4 is 27.5 Å². The van der Waals surface area contributed by atoms with Gasteiger partial charge in [0.1, 0.15) is 5.84 Å². The molecule has 6 nitrogen and oxygen atoms in total. The Balaban J connectivity index is 1.64. The lowest BCUT2D eigenvalue weighted by atomic mass is 10.1. The van der Waals surface area contributed by atoms with Crippen molar-refractivity contribution in [1.82, 2.24) is 4.72 Å². The van der Waals surface area contributed by atoms with E-state index in [-0.39, 0.29) is 16.7 Å². The van der Waals surface area contributed by atoms with E-state index in [2.05, 4.69) is 15.0 Å². The van der Waals surface area contributed by atoms with Crippen molar-refractivity contribution in [3.05, 3.63) is 24.3 Å². The molecule has 1 aromatic carbocycles. The molecule has 3 rings (SSSR count). The van der Waals surface area contributed by atoms with Gasteiger partial charge in [0.05, 0.1) is 4.90 Å². The Hall–Kier alpha value is -1.89. The molecule has 1 aliphatic carbocycles. The summed E-state index contributed by atoms with van der Waals surface area (Å²) in [7, 11) is -3.63. The Morgan fingerprint density at radius 3 is 2.44 bits per heavy atom. The van der Waals surface area contributed by atoms with E-state index in [1.165, 1.54) is 12.1 Å². The van der Waals surface area contributed by atoms with Crippen LogP contribution in [0.3, 0.4) is 0 Å². The van der Waals surface area contributed by atoms with Gasteiger partial charge in [0, 0.05) is 24.6 Å².